The molecule has 1 aromatic rings. The van der Waals surface area contributed by atoms with Crippen molar-refractivity contribution >= 4 is 0 Å². The number of nitrogens with one attached hydrogen (secondary N) is 1. The summed E-state index contributed by atoms with van der Waals surface area (Å²) in [5.41, 5.74) is 0. The summed E-state index contributed by atoms with van der Waals surface area (Å²) in [7, 11) is 0. The highest BCUT2D eigenvalue weighted by Gasteiger charge is 2.39. The molecule has 5 heteroatoms. The molecule has 1 heterocycles. The molecule has 19 heavy (non-hydrogen) atoms. The Balaban J connectivity index is 1.63. The molecule has 0 spiro atoms. The van der Waals surface area contributed by atoms with Crippen molar-refractivity contribution in [3.05, 3.63) is 5.82 Å². The minimum atomic E-state index is 0.244. The molecule has 5 nitrogen and oxygen atoms in total. The predicted molar refractivity (Wildman–Crippen MR) is 73.5 cm³/mol. The van der Waals surface area contributed by atoms with Gasteiger partial charge in [-0.15, -0.1) is 5.10 Å². The smallest absolute Gasteiger partial charge is 0.167 e. The summed E-state index contributed by atoms with van der Waals surface area (Å²) >= 11 is 0. The van der Waals surface area contributed by atoms with Gasteiger partial charge in [-0.3, -0.25) is 0 Å². The first-order valence-corrected chi connectivity index (χ1v) is 7.77. The van der Waals surface area contributed by atoms with E-state index in [0.717, 1.165) is 43.1 Å². The van der Waals surface area contributed by atoms with E-state index in [4.69, 9.17) is 0 Å². The molecule has 0 radical (unpaired) electrons. The van der Waals surface area contributed by atoms with Gasteiger partial charge in [0.15, 0.2) is 5.82 Å². The zero-order valence-electron chi connectivity index (χ0n) is 12.0. The fourth-order valence-corrected chi connectivity index (χ4v) is 3.93. The van der Waals surface area contributed by atoms with Crippen LogP contribution in [0.25, 0.3) is 0 Å². The molecule has 2 bridgehead atoms. The highest BCUT2D eigenvalue weighted by molar-refractivity contribution is 4.94. The maximum absolute atomic E-state index is 4.21. The second-order valence-electron chi connectivity index (χ2n) is 6.33. The monoisotopic (exact) mass is 263 g/mol. The largest absolute Gasteiger partial charge is 0.307 e. The van der Waals surface area contributed by atoms with Crippen molar-refractivity contribution in [2.24, 2.45) is 17.8 Å². The summed E-state index contributed by atoms with van der Waals surface area (Å²) < 4.78 is 2.04. The van der Waals surface area contributed by atoms with E-state index in [0.29, 0.717) is 0 Å². The van der Waals surface area contributed by atoms with Crippen LogP contribution in [0.5, 0.6) is 0 Å². The molecule has 2 aliphatic carbocycles. The molecule has 1 N–H and O–H groups in total. The third kappa shape index (κ3) is 2.66. The SMILES string of the molecule is CCCNC(C)c1nnnn1CC1CC2CCC1C2. The second kappa shape index (κ2) is 5.57. The first-order valence-electron chi connectivity index (χ1n) is 7.77. The van der Waals surface area contributed by atoms with Crippen molar-refractivity contribution in [3.8, 4) is 0 Å². The maximum Gasteiger partial charge on any atom is 0.167 e. The van der Waals surface area contributed by atoms with E-state index in [-0.39, 0.29) is 6.04 Å². The van der Waals surface area contributed by atoms with Gasteiger partial charge in [-0.05, 0) is 67.3 Å². The van der Waals surface area contributed by atoms with E-state index >= 15 is 0 Å². The quantitative estimate of drug-likeness (QED) is 0.854. The fourth-order valence-electron chi connectivity index (χ4n) is 3.93. The van der Waals surface area contributed by atoms with Crippen molar-refractivity contribution in [3.63, 3.8) is 0 Å². The van der Waals surface area contributed by atoms with Crippen LogP contribution in [0, 0.1) is 17.8 Å². The lowest BCUT2D eigenvalue weighted by atomic mass is 9.89. The van der Waals surface area contributed by atoms with Gasteiger partial charge in [-0.2, -0.15) is 0 Å². The van der Waals surface area contributed by atoms with Crippen LogP contribution in [-0.2, 0) is 6.54 Å². The Morgan fingerprint density at radius 2 is 2.26 bits per heavy atom. The lowest BCUT2D eigenvalue weighted by Crippen LogP contribution is -2.26. The van der Waals surface area contributed by atoms with Crippen molar-refractivity contribution in [2.45, 2.75) is 58.5 Å². The van der Waals surface area contributed by atoms with Gasteiger partial charge in [0.25, 0.3) is 0 Å². The Morgan fingerprint density at radius 1 is 1.37 bits per heavy atom. The normalized spacial score (nSPS) is 30.9. The van der Waals surface area contributed by atoms with Crippen LogP contribution in [0.4, 0.5) is 0 Å². The number of fused-ring (bicyclic) bond motifs is 2. The van der Waals surface area contributed by atoms with Gasteiger partial charge < -0.3 is 5.32 Å². The summed E-state index contributed by atoms with van der Waals surface area (Å²) in [6.07, 6.45) is 6.86. The Labute approximate surface area is 115 Å². The molecule has 4 atom stereocenters. The number of nitrogens with zero attached hydrogens (tertiary/aromatic N) is 4. The van der Waals surface area contributed by atoms with Gasteiger partial charge in [0.2, 0.25) is 0 Å². The lowest BCUT2D eigenvalue weighted by molar-refractivity contribution is 0.277. The molecule has 4 unspecified atom stereocenters. The van der Waals surface area contributed by atoms with Gasteiger partial charge in [0, 0.05) is 6.54 Å². The summed E-state index contributed by atoms with van der Waals surface area (Å²) in [4.78, 5) is 0. The average Bonchev–Trinajstić information content (AvgIpc) is 3.11. The Bertz CT molecular complexity index is 416. The van der Waals surface area contributed by atoms with Gasteiger partial charge in [-0.1, -0.05) is 13.3 Å². The second-order valence-corrected chi connectivity index (χ2v) is 6.33. The van der Waals surface area contributed by atoms with Crippen molar-refractivity contribution in [2.75, 3.05) is 6.54 Å². The number of hydrogen-bond donors (Lipinski definition) is 1. The minimum absolute atomic E-state index is 0.244. The molecule has 2 aliphatic rings. The van der Waals surface area contributed by atoms with E-state index < -0.39 is 0 Å². The highest BCUT2D eigenvalue weighted by Crippen LogP contribution is 2.48. The number of tetrazole rings is 1. The molecule has 0 aromatic carbocycles. The van der Waals surface area contributed by atoms with E-state index in [9.17, 15) is 0 Å². The fraction of sp³-hybridized carbons (Fsp3) is 0.929. The summed E-state index contributed by atoms with van der Waals surface area (Å²) in [5.74, 6) is 3.72. The van der Waals surface area contributed by atoms with Crippen LogP contribution in [-0.4, -0.2) is 26.8 Å². The molecule has 0 amide bonds. The van der Waals surface area contributed by atoms with Crippen LogP contribution in [0.15, 0.2) is 0 Å². The summed E-state index contributed by atoms with van der Waals surface area (Å²) in [6, 6.07) is 0.244. The van der Waals surface area contributed by atoms with E-state index in [1.165, 1.54) is 25.7 Å². The summed E-state index contributed by atoms with van der Waals surface area (Å²) in [5, 5.41) is 15.8. The summed E-state index contributed by atoms with van der Waals surface area (Å²) in [6.45, 7) is 6.36. The van der Waals surface area contributed by atoms with Crippen molar-refractivity contribution < 1.29 is 0 Å². The van der Waals surface area contributed by atoms with E-state index in [1.807, 2.05) is 4.68 Å². The van der Waals surface area contributed by atoms with Gasteiger partial charge in [0.05, 0.1) is 6.04 Å². The molecule has 2 fully saturated rings. The molecule has 0 aliphatic heterocycles. The maximum atomic E-state index is 4.21. The molecule has 2 saturated carbocycles. The highest BCUT2D eigenvalue weighted by atomic mass is 15.5. The van der Waals surface area contributed by atoms with Gasteiger partial charge in [-0.25, -0.2) is 4.68 Å². The molecule has 1 aromatic heterocycles. The lowest BCUT2D eigenvalue weighted by Gasteiger charge is -2.22. The van der Waals surface area contributed by atoms with Gasteiger partial charge >= 0.3 is 0 Å². The topological polar surface area (TPSA) is 55.6 Å². The first-order chi connectivity index (χ1) is 9.28. The number of rotatable bonds is 6. The third-order valence-electron chi connectivity index (χ3n) is 4.94. The third-order valence-corrected chi connectivity index (χ3v) is 4.94. The Morgan fingerprint density at radius 3 is 2.95 bits per heavy atom. The van der Waals surface area contributed by atoms with Crippen LogP contribution in [0.2, 0.25) is 0 Å². The van der Waals surface area contributed by atoms with Crippen LogP contribution >= 0.6 is 0 Å². The first kappa shape index (κ1) is 13.0. The van der Waals surface area contributed by atoms with E-state index in [1.54, 1.807) is 0 Å². The zero-order chi connectivity index (χ0) is 13.2. The van der Waals surface area contributed by atoms with Crippen molar-refractivity contribution in [1.29, 1.82) is 0 Å². The average molecular weight is 263 g/mol. The van der Waals surface area contributed by atoms with Gasteiger partial charge in [0.1, 0.15) is 0 Å². The molecular weight excluding hydrogens is 238 g/mol. The number of aromatic nitrogens is 4. The van der Waals surface area contributed by atoms with Crippen LogP contribution in [0.1, 0.15) is 57.8 Å². The van der Waals surface area contributed by atoms with Crippen LogP contribution < -0.4 is 5.32 Å². The van der Waals surface area contributed by atoms with Crippen LogP contribution in [0.3, 0.4) is 0 Å². The van der Waals surface area contributed by atoms with Crippen molar-refractivity contribution in [1.82, 2.24) is 25.5 Å². The Hall–Kier alpha value is -0.970. The minimum Gasteiger partial charge on any atom is -0.307 e. The molecule has 3 rings (SSSR count). The molecule has 106 valence electrons. The molecule has 0 saturated heterocycles. The van der Waals surface area contributed by atoms with E-state index in [2.05, 4.69) is 34.7 Å². The predicted octanol–water partition coefficient (Wildman–Crippen LogP) is 2.17. The Kier molecular flexibility index (Phi) is 3.82. The molecular formula is C14H25N5. The number of hydrogen-bond acceptors (Lipinski definition) is 4. The standard InChI is InChI=1S/C14H25N5/c1-3-6-15-10(2)14-16-17-18-19(14)9-13-8-11-4-5-12(13)7-11/h10-13,15H,3-9H2,1-2H3. The zero-order valence-corrected chi connectivity index (χ0v) is 12.0.